The van der Waals surface area contributed by atoms with Crippen LogP contribution in [-0.4, -0.2) is 25.0 Å². The molecule has 0 aliphatic carbocycles. The minimum Gasteiger partial charge on any atom is -0.489 e. The standard InChI is InChI=1S/C21H25N3O3/c1-3-7-16-18(21(25)26-4-2)17(15(12-22)20(23)24-16)14-10-5-8-13-9-6-11-27-19(13)14/h5-6,8-10,12,17H,3-4,7,11,22H2,1-2H3,(H2,23,24)/p+1/b15-12-. The first-order valence-corrected chi connectivity index (χ1v) is 9.26. The fourth-order valence-corrected chi connectivity index (χ4v) is 3.60. The third-order valence-corrected chi connectivity index (χ3v) is 4.70. The van der Waals surface area contributed by atoms with Crippen LogP contribution in [0.15, 0.2) is 47.3 Å². The molecule has 1 aromatic rings. The average molecular weight is 368 g/mol. The third-order valence-electron chi connectivity index (χ3n) is 4.70. The summed E-state index contributed by atoms with van der Waals surface area (Å²) in [6, 6.07) is 5.88. The quantitative estimate of drug-likeness (QED) is 0.675. The van der Waals surface area contributed by atoms with E-state index < -0.39 is 5.92 Å². The van der Waals surface area contributed by atoms with Crippen LogP contribution in [0.1, 0.15) is 43.7 Å². The van der Waals surface area contributed by atoms with E-state index in [4.69, 9.17) is 20.9 Å². The van der Waals surface area contributed by atoms with Gasteiger partial charge in [-0.3, -0.25) is 5.73 Å². The summed E-state index contributed by atoms with van der Waals surface area (Å²) in [6.45, 7) is 4.62. The number of carbonyl (C=O) groups is 1. The molecule has 6 nitrogen and oxygen atoms in total. The molecule has 1 aromatic carbocycles. The van der Waals surface area contributed by atoms with Crippen LogP contribution in [0.25, 0.3) is 6.08 Å². The number of ether oxygens (including phenoxy) is 2. The SMILES string of the molecule is CCCC1=C(C(=O)OCC)C(c2cccc3c2OCC=C3)/C(=C/N)C(N)=[NH+]1. The van der Waals surface area contributed by atoms with E-state index in [0.29, 0.717) is 36.6 Å². The summed E-state index contributed by atoms with van der Waals surface area (Å²) in [4.78, 5) is 16.1. The number of rotatable bonds is 5. The maximum absolute atomic E-state index is 12.9. The van der Waals surface area contributed by atoms with Crippen molar-refractivity contribution < 1.29 is 19.3 Å². The second-order valence-electron chi connectivity index (χ2n) is 6.44. The van der Waals surface area contributed by atoms with Gasteiger partial charge in [-0.25, -0.2) is 9.79 Å². The van der Waals surface area contributed by atoms with Gasteiger partial charge < -0.3 is 15.2 Å². The van der Waals surface area contributed by atoms with Crippen LogP contribution in [0, 0.1) is 0 Å². The van der Waals surface area contributed by atoms with Crippen molar-refractivity contribution >= 4 is 17.9 Å². The number of benzene rings is 1. The summed E-state index contributed by atoms with van der Waals surface area (Å²) in [7, 11) is 0. The Morgan fingerprint density at radius 3 is 2.93 bits per heavy atom. The van der Waals surface area contributed by atoms with Gasteiger partial charge in [-0.15, -0.1) is 0 Å². The topological polar surface area (TPSA) is 102 Å². The van der Waals surface area contributed by atoms with Crippen molar-refractivity contribution in [2.45, 2.75) is 32.6 Å². The molecule has 142 valence electrons. The van der Waals surface area contributed by atoms with Crippen LogP contribution < -0.4 is 21.2 Å². The summed E-state index contributed by atoms with van der Waals surface area (Å²) in [6.07, 6.45) is 6.97. The van der Waals surface area contributed by atoms with Crippen molar-refractivity contribution in [2.24, 2.45) is 11.5 Å². The van der Waals surface area contributed by atoms with E-state index in [1.165, 1.54) is 6.20 Å². The van der Waals surface area contributed by atoms with E-state index in [-0.39, 0.29) is 5.97 Å². The highest BCUT2D eigenvalue weighted by Gasteiger charge is 2.39. The molecule has 0 saturated heterocycles. The van der Waals surface area contributed by atoms with Crippen LogP contribution in [-0.2, 0) is 9.53 Å². The fraction of sp³-hybridized carbons (Fsp3) is 0.333. The summed E-state index contributed by atoms with van der Waals surface area (Å²) in [5.41, 5.74) is 16.0. The normalized spacial score (nSPS) is 20.1. The number of hydrogen-bond donors (Lipinski definition) is 3. The minimum absolute atomic E-state index is 0.293. The van der Waals surface area contributed by atoms with Gasteiger partial charge >= 0.3 is 5.97 Å². The number of allylic oxidation sites excluding steroid dienone is 1. The van der Waals surface area contributed by atoms with Gasteiger partial charge in [0.05, 0.1) is 23.7 Å². The summed E-state index contributed by atoms with van der Waals surface area (Å²) < 4.78 is 11.3. The molecule has 2 aliphatic heterocycles. The van der Waals surface area contributed by atoms with E-state index in [0.717, 1.165) is 29.0 Å². The molecule has 0 bridgehead atoms. The number of nitrogens with two attached hydrogens (primary N) is 2. The molecule has 0 amide bonds. The van der Waals surface area contributed by atoms with E-state index in [2.05, 4.69) is 11.9 Å². The summed E-state index contributed by atoms with van der Waals surface area (Å²) in [5.74, 6) is 0.382. The van der Waals surface area contributed by atoms with Gasteiger partial charge in [0.15, 0.2) is 0 Å². The zero-order valence-corrected chi connectivity index (χ0v) is 15.7. The second kappa shape index (κ2) is 8.12. The van der Waals surface area contributed by atoms with Crippen molar-refractivity contribution in [1.82, 2.24) is 0 Å². The predicted octanol–water partition coefficient (Wildman–Crippen LogP) is 1.09. The lowest BCUT2D eigenvalue weighted by atomic mass is 9.79. The highest BCUT2D eigenvalue weighted by molar-refractivity contribution is 6.02. The summed E-state index contributed by atoms with van der Waals surface area (Å²) in [5, 5.41) is 0. The maximum Gasteiger partial charge on any atom is 0.338 e. The van der Waals surface area contributed by atoms with Crippen molar-refractivity contribution in [1.29, 1.82) is 0 Å². The fourth-order valence-electron chi connectivity index (χ4n) is 3.60. The highest BCUT2D eigenvalue weighted by Crippen LogP contribution is 2.42. The van der Waals surface area contributed by atoms with Gasteiger partial charge in [-0.05, 0) is 19.4 Å². The average Bonchev–Trinajstić information content (AvgIpc) is 2.67. The first-order chi connectivity index (χ1) is 13.1. The predicted molar refractivity (Wildman–Crippen MR) is 105 cm³/mol. The molecule has 0 radical (unpaired) electrons. The molecule has 27 heavy (non-hydrogen) atoms. The second-order valence-corrected chi connectivity index (χ2v) is 6.44. The maximum atomic E-state index is 12.9. The molecular weight excluding hydrogens is 342 g/mol. The molecular formula is C21H26N3O3+. The number of nitrogens with one attached hydrogen (secondary N) is 1. The lowest BCUT2D eigenvalue weighted by Crippen LogP contribution is -2.76. The molecule has 0 saturated carbocycles. The van der Waals surface area contributed by atoms with Gasteiger partial charge in [0.1, 0.15) is 18.1 Å². The molecule has 0 spiro atoms. The molecule has 1 atom stereocenters. The molecule has 1 unspecified atom stereocenters. The van der Waals surface area contributed by atoms with Crippen molar-refractivity contribution in [3.63, 3.8) is 0 Å². The zero-order chi connectivity index (χ0) is 19.4. The number of amidine groups is 1. The third kappa shape index (κ3) is 3.47. The smallest absolute Gasteiger partial charge is 0.338 e. The number of hydrogen-bond acceptors (Lipinski definition) is 5. The Balaban J connectivity index is 2.25. The molecule has 2 aliphatic rings. The molecule has 0 aromatic heterocycles. The minimum atomic E-state index is -0.446. The van der Waals surface area contributed by atoms with E-state index in [1.54, 1.807) is 6.92 Å². The van der Waals surface area contributed by atoms with Gasteiger partial charge in [0.2, 0.25) is 0 Å². The van der Waals surface area contributed by atoms with Gasteiger partial charge in [0, 0.05) is 23.7 Å². The molecule has 2 heterocycles. The van der Waals surface area contributed by atoms with E-state index in [1.807, 2.05) is 30.4 Å². The van der Waals surface area contributed by atoms with Crippen LogP contribution in [0.2, 0.25) is 0 Å². The number of para-hydroxylation sites is 1. The van der Waals surface area contributed by atoms with Crippen molar-refractivity contribution in [2.75, 3.05) is 13.2 Å². The van der Waals surface area contributed by atoms with E-state index >= 15 is 0 Å². The van der Waals surface area contributed by atoms with Crippen LogP contribution >= 0.6 is 0 Å². The number of esters is 1. The van der Waals surface area contributed by atoms with Gasteiger partial charge in [-0.2, -0.15) is 0 Å². The summed E-state index contributed by atoms with van der Waals surface area (Å²) >= 11 is 0. The Bertz CT molecular complexity index is 865. The Morgan fingerprint density at radius 1 is 1.41 bits per heavy atom. The monoisotopic (exact) mass is 368 g/mol. The Morgan fingerprint density at radius 2 is 2.22 bits per heavy atom. The molecule has 6 heteroatoms. The molecule has 3 rings (SSSR count). The zero-order valence-electron chi connectivity index (χ0n) is 15.7. The lowest BCUT2D eigenvalue weighted by Gasteiger charge is -2.28. The van der Waals surface area contributed by atoms with Crippen molar-refractivity contribution in [3.8, 4) is 5.75 Å². The molecule has 0 fully saturated rings. The number of fused-ring (bicyclic) bond motifs is 1. The van der Waals surface area contributed by atoms with Crippen LogP contribution in [0.5, 0.6) is 5.75 Å². The van der Waals surface area contributed by atoms with Crippen LogP contribution in [0.3, 0.4) is 0 Å². The Labute approximate surface area is 159 Å². The first kappa shape index (κ1) is 18.8. The Hall–Kier alpha value is -3.02. The highest BCUT2D eigenvalue weighted by atomic mass is 16.5. The van der Waals surface area contributed by atoms with Crippen LogP contribution in [0.4, 0.5) is 0 Å². The first-order valence-electron chi connectivity index (χ1n) is 9.26. The molecule has 5 N–H and O–H groups in total. The largest absolute Gasteiger partial charge is 0.489 e. The Kier molecular flexibility index (Phi) is 5.64. The van der Waals surface area contributed by atoms with Gasteiger partial charge in [-0.1, -0.05) is 31.2 Å². The van der Waals surface area contributed by atoms with E-state index in [9.17, 15) is 4.79 Å². The lowest BCUT2D eigenvalue weighted by molar-refractivity contribution is -0.404. The number of carbonyl (C=O) groups excluding carboxylic acids is 1. The van der Waals surface area contributed by atoms with Crippen molar-refractivity contribution in [3.05, 3.63) is 58.4 Å². The van der Waals surface area contributed by atoms with Gasteiger partial charge in [0.25, 0.3) is 5.84 Å².